The van der Waals surface area contributed by atoms with Crippen molar-refractivity contribution in [1.82, 2.24) is 0 Å². The zero-order valence-electron chi connectivity index (χ0n) is 9.22. The zero-order chi connectivity index (χ0) is 15.8. The summed E-state index contributed by atoms with van der Waals surface area (Å²) in [7, 11) is 0. The van der Waals surface area contributed by atoms with Crippen molar-refractivity contribution < 1.29 is 41.0 Å². The molecule has 0 aliphatic carbocycles. The molecule has 112 valence electrons. The van der Waals surface area contributed by atoms with E-state index in [2.05, 4.69) is 4.74 Å². The van der Waals surface area contributed by atoms with Gasteiger partial charge in [-0.15, -0.1) is 0 Å². The molecule has 0 heterocycles. The molecule has 10 heteroatoms. The number of rotatable bonds is 3. The predicted molar refractivity (Wildman–Crippen MR) is 54.6 cm³/mol. The Morgan fingerprint density at radius 2 is 1.40 bits per heavy atom. The highest BCUT2D eigenvalue weighted by Gasteiger charge is 2.79. The highest BCUT2D eigenvalue weighted by Crippen LogP contribution is 2.46. The van der Waals surface area contributed by atoms with Crippen LogP contribution in [-0.2, 0) is 4.79 Å². The first-order chi connectivity index (χ1) is 8.92. The lowest BCUT2D eigenvalue weighted by Crippen LogP contribution is -2.66. The van der Waals surface area contributed by atoms with Gasteiger partial charge in [0.05, 0.1) is 0 Å². The first-order valence-electron chi connectivity index (χ1n) is 4.73. The van der Waals surface area contributed by atoms with Crippen LogP contribution in [-0.4, -0.2) is 29.0 Å². The van der Waals surface area contributed by atoms with Crippen molar-refractivity contribution in [2.75, 3.05) is 0 Å². The molecule has 0 unspecified atom stereocenters. The van der Waals surface area contributed by atoms with E-state index in [4.69, 9.17) is 16.7 Å². The van der Waals surface area contributed by atoms with Crippen molar-refractivity contribution in [3.05, 3.63) is 29.3 Å². The van der Waals surface area contributed by atoms with Gasteiger partial charge in [0.1, 0.15) is 5.75 Å². The largest absolute Gasteiger partial charge is 0.478 e. The van der Waals surface area contributed by atoms with Gasteiger partial charge in [-0.25, -0.2) is 4.79 Å². The van der Waals surface area contributed by atoms with Crippen LogP contribution in [0.3, 0.4) is 0 Å². The highest BCUT2D eigenvalue weighted by atomic mass is 35.5. The number of carboxylic acids is 1. The molecule has 0 radical (unpaired) electrons. The molecule has 0 atom stereocenters. The van der Waals surface area contributed by atoms with E-state index in [-0.39, 0.29) is 5.02 Å². The number of ether oxygens (including phenoxy) is 1. The fraction of sp³-hybridized carbons (Fsp3) is 0.300. The van der Waals surface area contributed by atoms with Crippen molar-refractivity contribution >= 4 is 17.6 Å². The van der Waals surface area contributed by atoms with Gasteiger partial charge in [-0.05, 0) is 24.3 Å². The number of benzene rings is 1. The van der Waals surface area contributed by atoms with E-state index in [0.717, 1.165) is 12.1 Å². The van der Waals surface area contributed by atoms with Gasteiger partial charge in [-0.3, -0.25) is 0 Å². The first kappa shape index (κ1) is 16.4. The molecule has 0 bridgehead atoms. The van der Waals surface area contributed by atoms with Crippen molar-refractivity contribution in [2.45, 2.75) is 18.0 Å². The number of halogens is 7. The molecule has 0 aliphatic heterocycles. The Labute approximate surface area is 112 Å². The number of hydrogen-bond donors (Lipinski definition) is 1. The van der Waals surface area contributed by atoms with Crippen molar-refractivity contribution in [3.8, 4) is 5.75 Å². The highest BCUT2D eigenvalue weighted by molar-refractivity contribution is 6.30. The molecule has 1 aromatic rings. The van der Waals surface area contributed by atoms with Crippen LogP contribution in [0.15, 0.2) is 24.3 Å². The lowest BCUT2D eigenvalue weighted by atomic mass is 10.0. The summed E-state index contributed by atoms with van der Waals surface area (Å²) in [5.41, 5.74) is -5.35. The molecule has 1 N–H and O–H groups in total. The van der Waals surface area contributed by atoms with Crippen LogP contribution in [0.25, 0.3) is 0 Å². The maximum atomic E-state index is 12.6. The fourth-order valence-corrected chi connectivity index (χ4v) is 1.37. The monoisotopic (exact) mass is 322 g/mol. The normalized spacial score (nSPS) is 13.2. The Kier molecular flexibility index (Phi) is 4.14. The van der Waals surface area contributed by atoms with Crippen LogP contribution < -0.4 is 4.74 Å². The summed E-state index contributed by atoms with van der Waals surface area (Å²) in [6.07, 6.45) is -12.4. The van der Waals surface area contributed by atoms with Gasteiger partial charge in [-0.1, -0.05) is 11.6 Å². The minimum atomic E-state index is -6.21. The third-order valence-corrected chi connectivity index (χ3v) is 2.44. The maximum Gasteiger partial charge on any atom is 0.449 e. The number of carboxylic acid groups (broad SMARTS) is 1. The quantitative estimate of drug-likeness (QED) is 0.864. The number of aliphatic carboxylic acids is 1. The minimum Gasteiger partial charge on any atom is -0.478 e. The average Bonchev–Trinajstić information content (AvgIpc) is 2.24. The standard InChI is InChI=1S/C10H5ClF6O3/c11-5-1-3-6(4-2-5)20-8(7(18)19,9(12,13)14)10(15,16)17/h1-4H,(H,18,19). The molecule has 1 rings (SSSR count). The molecular formula is C10H5ClF6O3. The second-order valence-corrected chi connectivity index (χ2v) is 3.97. The smallest absolute Gasteiger partial charge is 0.449 e. The van der Waals surface area contributed by atoms with Crippen LogP contribution in [0.5, 0.6) is 5.75 Å². The van der Waals surface area contributed by atoms with Gasteiger partial charge in [0.15, 0.2) is 0 Å². The minimum absolute atomic E-state index is 0.0253. The van der Waals surface area contributed by atoms with E-state index in [1.54, 1.807) is 0 Å². The van der Waals surface area contributed by atoms with Crippen LogP contribution >= 0.6 is 11.6 Å². The van der Waals surface area contributed by atoms with E-state index < -0.39 is 29.7 Å². The van der Waals surface area contributed by atoms with Gasteiger partial charge in [0.25, 0.3) is 0 Å². The SMILES string of the molecule is O=C(O)C(Oc1ccc(Cl)cc1)(C(F)(F)F)C(F)(F)F. The molecule has 1 aromatic carbocycles. The average molecular weight is 323 g/mol. The molecule has 0 spiro atoms. The zero-order valence-corrected chi connectivity index (χ0v) is 9.97. The Hall–Kier alpha value is -1.64. The Bertz CT molecular complexity index is 479. The van der Waals surface area contributed by atoms with Gasteiger partial charge in [-0.2, -0.15) is 26.3 Å². The Balaban J connectivity index is 3.38. The first-order valence-corrected chi connectivity index (χ1v) is 5.11. The van der Waals surface area contributed by atoms with Gasteiger partial charge in [0, 0.05) is 5.02 Å². The second-order valence-electron chi connectivity index (χ2n) is 3.54. The Morgan fingerprint density at radius 1 is 1.00 bits per heavy atom. The third-order valence-electron chi connectivity index (χ3n) is 2.18. The van der Waals surface area contributed by atoms with E-state index in [1.165, 1.54) is 0 Å². The van der Waals surface area contributed by atoms with Crippen LogP contribution in [0.4, 0.5) is 26.3 Å². The van der Waals surface area contributed by atoms with Crippen molar-refractivity contribution in [2.24, 2.45) is 0 Å². The summed E-state index contributed by atoms with van der Waals surface area (Å²) in [6.45, 7) is 0. The summed E-state index contributed by atoms with van der Waals surface area (Å²) in [5.74, 6) is -4.15. The van der Waals surface area contributed by atoms with Gasteiger partial charge >= 0.3 is 23.9 Å². The topological polar surface area (TPSA) is 46.5 Å². The molecule has 0 saturated heterocycles. The molecule has 0 aromatic heterocycles. The lowest BCUT2D eigenvalue weighted by Gasteiger charge is -2.33. The molecule has 20 heavy (non-hydrogen) atoms. The van der Waals surface area contributed by atoms with E-state index in [9.17, 15) is 31.1 Å². The predicted octanol–water partition coefficient (Wildman–Crippen LogP) is 3.67. The molecule has 0 amide bonds. The van der Waals surface area contributed by atoms with E-state index in [1.807, 2.05) is 0 Å². The van der Waals surface area contributed by atoms with Crippen molar-refractivity contribution in [1.29, 1.82) is 0 Å². The summed E-state index contributed by atoms with van der Waals surface area (Å²) < 4.78 is 79.5. The summed E-state index contributed by atoms with van der Waals surface area (Å²) >= 11 is 5.41. The van der Waals surface area contributed by atoms with Gasteiger partial charge < -0.3 is 9.84 Å². The van der Waals surface area contributed by atoms with E-state index in [0.29, 0.717) is 12.1 Å². The molecule has 0 fully saturated rings. The number of carbonyl (C=O) groups is 1. The lowest BCUT2D eigenvalue weighted by molar-refractivity contribution is -0.345. The van der Waals surface area contributed by atoms with Crippen LogP contribution in [0, 0.1) is 0 Å². The summed E-state index contributed by atoms with van der Waals surface area (Å²) in [6, 6.07) is 3.29. The second kappa shape index (κ2) is 5.04. The fourth-order valence-electron chi connectivity index (χ4n) is 1.24. The van der Waals surface area contributed by atoms with Gasteiger partial charge in [0.2, 0.25) is 0 Å². The van der Waals surface area contributed by atoms with E-state index >= 15 is 0 Å². The van der Waals surface area contributed by atoms with Crippen LogP contribution in [0.1, 0.15) is 0 Å². The third kappa shape index (κ3) is 2.77. The summed E-state index contributed by atoms with van der Waals surface area (Å²) in [5, 5.41) is 8.45. The molecular weight excluding hydrogens is 318 g/mol. The Morgan fingerprint density at radius 3 is 1.70 bits per heavy atom. The number of hydrogen-bond acceptors (Lipinski definition) is 2. The maximum absolute atomic E-state index is 12.6. The summed E-state index contributed by atoms with van der Waals surface area (Å²) in [4.78, 5) is 10.6. The molecule has 0 aliphatic rings. The number of alkyl halides is 6. The molecule has 0 saturated carbocycles. The van der Waals surface area contributed by atoms with Crippen molar-refractivity contribution in [3.63, 3.8) is 0 Å². The molecule has 3 nitrogen and oxygen atoms in total. The van der Waals surface area contributed by atoms with Crippen LogP contribution in [0.2, 0.25) is 5.02 Å².